The first-order valence-corrected chi connectivity index (χ1v) is 7.96. The van der Waals surface area contributed by atoms with E-state index in [1.807, 2.05) is 0 Å². The van der Waals surface area contributed by atoms with Crippen LogP contribution in [-0.4, -0.2) is 36.8 Å². The molecule has 1 aromatic carbocycles. The van der Waals surface area contributed by atoms with Gasteiger partial charge in [-0.1, -0.05) is 12.1 Å². The van der Waals surface area contributed by atoms with E-state index in [9.17, 15) is 18.5 Å². The Bertz CT molecular complexity index is 585. The molecule has 1 aliphatic heterocycles. The van der Waals surface area contributed by atoms with E-state index in [0.717, 1.165) is 12.8 Å². The topological polar surface area (TPSA) is 107 Å². The van der Waals surface area contributed by atoms with Crippen molar-refractivity contribution in [2.75, 3.05) is 13.1 Å². The molecule has 1 saturated heterocycles. The minimum absolute atomic E-state index is 0.0499. The molecule has 0 spiro atoms. The minimum atomic E-state index is -3.42. The lowest BCUT2D eigenvalue weighted by atomic mass is 10.1. The number of hydrogen-bond donors (Lipinski definition) is 1. The highest BCUT2D eigenvalue weighted by Gasteiger charge is 2.27. The van der Waals surface area contributed by atoms with E-state index < -0.39 is 14.9 Å². The maximum Gasteiger partial charge on any atom is 0.269 e. The summed E-state index contributed by atoms with van der Waals surface area (Å²) in [5, 5.41) is 10.5. The number of nitro groups is 1. The van der Waals surface area contributed by atoms with Gasteiger partial charge in [0.2, 0.25) is 10.0 Å². The molecule has 2 N–H and O–H groups in total. The van der Waals surface area contributed by atoms with E-state index in [0.29, 0.717) is 18.7 Å². The predicted molar refractivity (Wildman–Crippen MR) is 74.5 cm³/mol. The number of piperidine rings is 1. The van der Waals surface area contributed by atoms with Crippen molar-refractivity contribution in [3.63, 3.8) is 0 Å². The molecule has 0 saturated carbocycles. The van der Waals surface area contributed by atoms with E-state index >= 15 is 0 Å². The first-order chi connectivity index (χ1) is 9.38. The number of nitrogens with two attached hydrogens (primary N) is 1. The number of non-ortho nitro benzene ring substituents is 1. The summed E-state index contributed by atoms with van der Waals surface area (Å²) >= 11 is 0. The Hall–Kier alpha value is -1.51. The molecule has 1 heterocycles. The van der Waals surface area contributed by atoms with Gasteiger partial charge in [-0.3, -0.25) is 10.1 Å². The van der Waals surface area contributed by atoms with Crippen LogP contribution in [0, 0.1) is 10.1 Å². The van der Waals surface area contributed by atoms with Crippen LogP contribution in [0.15, 0.2) is 24.3 Å². The zero-order valence-corrected chi connectivity index (χ0v) is 11.8. The largest absolute Gasteiger partial charge is 0.327 e. The SMILES string of the molecule is NC1CCCN(S(=O)(=O)Cc2ccc([N+](=O)[O-])cc2)C1. The van der Waals surface area contributed by atoms with Crippen molar-refractivity contribution in [1.82, 2.24) is 4.31 Å². The van der Waals surface area contributed by atoms with Gasteiger partial charge in [-0.05, 0) is 18.4 Å². The van der Waals surface area contributed by atoms with Crippen LogP contribution in [0.4, 0.5) is 5.69 Å². The smallest absolute Gasteiger partial charge is 0.269 e. The van der Waals surface area contributed by atoms with E-state index in [1.165, 1.54) is 28.6 Å². The molecular weight excluding hydrogens is 282 g/mol. The van der Waals surface area contributed by atoms with E-state index in [2.05, 4.69) is 0 Å². The second kappa shape index (κ2) is 5.86. The quantitative estimate of drug-likeness (QED) is 0.655. The predicted octanol–water partition coefficient (Wildman–Crippen LogP) is 0.848. The van der Waals surface area contributed by atoms with Crippen molar-refractivity contribution in [3.05, 3.63) is 39.9 Å². The zero-order valence-electron chi connectivity index (χ0n) is 10.9. The molecule has 7 nitrogen and oxygen atoms in total. The van der Waals surface area contributed by atoms with E-state index in [4.69, 9.17) is 5.73 Å². The van der Waals surface area contributed by atoms with Crippen LogP contribution in [0.1, 0.15) is 18.4 Å². The summed E-state index contributed by atoms with van der Waals surface area (Å²) in [5.74, 6) is -0.155. The number of hydrogen-bond acceptors (Lipinski definition) is 5. The average molecular weight is 299 g/mol. The van der Waals surface area contributed by atoms with Crippen LogP contribution in [0.2, 0.25) is 0 Å². The lowest BCUT2D eigenvalue weighted by Gasteiger charge is -2.29. The molecule has 8 heteroatoms. The van der Waals surface area contributed by atoms with Gasteiger partial charge in [-0.2, -0.15) is 0 Å². The van der Waals surface area contributed by atoms with Crippen LogP contribution in [0.5, 0.6) is 0 Å². The molecule has 0 aromatic heterocycles. The summed E-state index contributed by atoms with van der Waals surface area (Å²) in [6.07, 6.45) is 1.60. The number of nitrogens with zero attached hydrogens (tertiary/aromatic N) is 2. The Morgan fingerprint density at radius 3 is 2.55 bits per heavy atom. The van der Waals surface area contributed by atoms with Crippen LogP contribution in [0.3, 0.4) is 0 Å². The fourth-order valence-corrected chi connectivity index (χ4v) is 3.86. The number of sulfonamides is 1. The van der Waals surface area contributed by atoms with Gasteiger partial charge in [0.05, 0.1) is 10.7 Å². The van der Waals surface area contributed by atoms with Crippen molar-refractivity contribution in [1.29, 1.82) is 0 Å². The summed E-state index contributed by atoms with van der Waals surface area (Å²) in [7, 11) is -3.42. The maximum atomic E-state index is 12.3. The highest BCUT2D eigenvalue weighted by molar-refractivity contribution is 7.88. The van der Waals surface area contributed by atoms with E-state index in [1.54, 1.807) is 0 Å². The van der Waals surface area contributed by atoms with Crippen molar-refractivity contribution in [2.24, 2.45) is 5.73 Å². The Labute approximate surface area is 117 Å². The molecule has 110 valence electrons. The molecule has 1 atom stereocenters. The van der Waals surface area contributed by atoms with Crippen molar-refractivity contribution in [3.8, 4) is 0 Å². The summed E-state index contributed by atoms with van der Waals surface area (Å²) in [6.45, 7) is 0.832. The van der Waals surface area contributed by atoms with Gasteiger partial charge in [0, 0.05) is 31.3 Å². The third-order valence-electron chi connectivity index (χ3n) is 3.31. The molecule has 1 aromatic rings. The summed E-state index contributed by atoms with van der Waals surface area (Å²) < 4.78 is 25.9. The van der Waals surface area contributed by atoms with Gasteiger partial charge in [-0.25, -0.2) is 12.7 Å². The van der Waals surface area contributed by atoms with Gasteiger partial charge in [0.25, 0.3) is 5.69 Å². The second-order valence-corrected chi connectivity index (χ2v) is 6.91. The van der Waals surface area contributed by atoms with Gasteiger partial charge >= 0.3 is 0 Å². The fourth-order valence-electron chi connectivity index (χ4n) is 2.24. The van der Waals surface area contributed by atoms with E-state index in [-0.39, 0.29) is 17.5 Å². The summed E-state index contributed by atoms with van der Waals surface area (Å²) in [4.78, 5) is 10.0. The lowest BCUT2D eigenvalue weighted by Crippen LogP contribution is -2.46. The highest BCUT2D eigenvalue weighted by Crippen LogP contribution is 2.18. The molecule has 2 rings (SSSR count). The first-order valence-electron chi connectivity index (χ1n) is 6.35. The first kappa shape index (κ1) is 14.9. The fraction of sp³-hybridized carbons (Fsp3) is 0.500. The van der Waals surface area contributed by atoms with Crippen LogP contribution >= 0.6 is 0 Å². The van der Waals surface area contributed by atoms with Gasteiger partial charge in [0.15, 0.2) is 0 Å². The minimum Gasteiger partial charge on any atom is -0.327 e. The standard InChI is InChI=1S/C12H17N3O4S/c13-11-2-1-7-14(8-11)20(18,19)9-10-3-5-12(6-4-10)15(16)17/h3-6,11H,1-2,7-9,13H2. The molecule has 0 amide bonds. The van der Waals surface area contributed by atoms with Crippen LogP contribution in [0.25, 0.3) is 0 Å². The number of rotatable bonds is 4. The van der Waals surface area contributed by atoms with Crippen molar-refractivity contribution >= 4 is 15.7 Å². The van der Waals surface area contributed by atoms with Gasteiger partial charge in [-0.15, -0.1) is 0 Å². The molecular formula is C12H17N3O4S. The molecule has 0 aliphatic carbocycles. The van der Waals surface area contributed by atoms with Gasteiger partial charge < -0.3 is 5.73 Å². The summed E-state index contributed by atoms with van der Waals surface area (Å²) in [6, 6.07) is 5.45. The Morgan fingerprint density at radius 1 is 1.35 bits per heavy atom. The van der Waals surface area contributed by atoms with Gasteiger partial charge in [0.1, 0.15) is 0 Å². The Balaban J connectivity index is 2.09. The Morgan fingerprint density at radius 2 is 2.00 bits per heavy atom. The zero-order chi connectivity index (χ0) is 14.8. The third kappa shape index (κ3) is 3.53. The summed E-state index contributed by atoms with van der Waals surface area (Å²) in [5.41, 5.74) is 6.27. The highest BCUT2D eigenvalue weighted by atomic mass is 32.2. The average Bonchev–Trinajstić information content (AvgIpc) is 2.39. The second-order valence-electron chi connectivity index (χ2n) is 4.94. The maximum absolute atomic E-state index is 12.3. The number of nitro benzene ring substituents is 1. The number of benzene rings is 1. The third-order valence-corrected chi connectivity index (χ3v) is 5.13. The van der Waals surface area contributed by atoms with Crippen molar-refractivity contribution < 1.29 is 13.3 Å². The molecule has 1 fully saturated rings. The molecule has 0 radical (unpaired) electrons. The normalized spacial score (nSPS) is 20.8. The molecule has 1 unspecified atom stereocenters. The van der Waals surface area contributed by atoms with Crippen LogP contribution < -0.4 is 5.73 Å². The van der Waals surface area contributed by atoms with Crippen molar-refractivity contribution in [2.45, 2.75) is 24.6 Å². The monoisotopic (exact) mass is 299 g/mol. The molecule has 1 aliphatic rings. The molecule has 20 heavy (non-hydrogen) atoms. The Kier molecular flexibility index (Phi) is 4.36. The molecule has 0 bridgehead atoms. The lowest BCUT2D eigenvalue weighted by molar-refractivity contribution is -0.384. The van der Waals surface area contributed by atoms with Crippen LogP contribution in [-0.2, 0) is 15.8 Å².